The lowest BCUT2D eigenvalue weighted by molar-refractivity contribution is -0.124. The monoisotopic (exact) mass is 521 g/mol. The van der Waals surface area contributed by atoms with Gasteiger partial charge in [-0.3, -0.25) is 9.59 Å². The van der Waals surface area contributed by atoms with Crippen LogP contribution in [0.5, 0.6) is 0 Å². The molecule has 35 heavy (non-hydrogen) atoms. The van der Waals surface area contributed by atoms with E-state index >= 15 is 0 Å². The Morgan fingerprint density at radius 3 is 2.34 bits per heavy atom. The number of Topliss-reactive ketones (excluding diaryl/α,β-unsaturated/α-hetero) is 2. The molecule has 1 aliphatic heterocycles. The van der Waals surface area contributed by atoms with Crippen molar-refractivity contribution in [3.8, 4) is 0 Å². The summed E-state index contributed by atoms with van der Waals surface area (Å²) in [5.41, 5.74) is 14.5. The molecule has 4 atom stereocenters. The average Bonchev–Trinajstić information content (AvgIpc) is 2.89. The van der Waals surface area contributed by atoms with Gasteiger partial charge in [-0.2, -0.15) is 0 Å². The van der Waals surface area contributed by atoms with E-state index in [9.17, 15) is 18.0 Å². The molecule has 0 spiro atoms. The number of benzene rings is 2. The van der Waals surface area contributed by atoms with Gasteiger partial charge in [0.2, 0.25) is 0 Å². The van der Waals surface area contributed by atoms with Crippen LogP contribution in [0, 0.1) is 5.92 Å². The topological polar surface area (TPSA) is 142 Å². The fourth-order valence-corrected chi connectivity index (χ4v) is 5.47. The van der Waals surface area contributed by atoms with E-state index in [0.717, 1.165) is 17.7 Å². The van der Waals surface area contributed by atoms with Crippen molar-refractivity contribution in [2.75, 3.05) is 24.9 Å². The summed E-state index contributed by atoms with van der Waals surface area (Å²) in [6, 6.07) is 15.3. The zero-order chi connectivity index (χ0) is 25.4. The van der Waals surface area contributed by atoms with Crippen molar-refractivity contribution in [2.24, 2.45) is 17.4 Å². The number of rotatable bonds is 12. The van der Waals surface area contributed by atoms with Gasteiger partial charge in [0.05, 0.1) is 12.6 Å². The van der Waals surface area contributed by atoms with Crippen LogP contribution in [0.25, 0.3) is 0 Å². The SMILES string of the molecule is N[C@H](C(CCc1ccccc1)C(=O)[C@@H](N)Cc1ccc(C(=O)C2CNCCO2)cc1)S(=O)(=O)CCl. The van der Waals surface area contributed by atoms with Crippen LogP contribution in [0.3, 0.4) is 0 Å². The first-order valence-corrected chi connectivity index (χ1v) is 13.8. The summed E-state index contributed by atoms with van der Waals surface area (Å²) in [5, 5.41) is 1.02. The van der Waals surface area contributed by atoms with Crippen LogP contribution in [0.2, 0.25) is 0 Å². The Labute approximate surface area is 211 Å². The second-order valence-corrected chi connectivity index (χ2v) is 11.4. The number of nitrogens with one attached hydrogen (secondary N) is 1. The van der Waals surface area contributed by atoms with E-state index in [1.165, 1.54) is 0 Å². The highest BCUT2D eigenvalue weighted by Crippen LogP contribution is 2.21. The molecule has 5 N–H and O–H groups in total. The van der Waals surface area contributed by atoms with Gasteiger partial charge in [0.1, 0.15) is 16.7 Å². The van der Waals surface area contributed by atoms with E-state index in [4.69, 9.17) is 27.8 Å². The number of sulfone groups is 1. The van der Waals surface area contributed by atoms with Crippen molar-refractivity contribution < 1.29 is 22.7 Å². The highest BCUT2D eigenvalue weighted by molar-refractivity contribution is 7.93. The average molecular weight is 522 g/mol. The maximum absolute atomic E-state index is 13.3. The van der Waals surface area contributed by atoms with Crippen LogP contribution in [-0.2, 0) is 32.2 Å². The molecule has 0 aliphatic carbocycles. The fraction of sp³-hybridized carbons (Fsp3) is 0.440. The summed E-state index contributed by atoms with van der Waals surface area (Å²) >= 11 is 5.61. The van der Waals surface area contributed by atoms with Gasteiger partial charge in [-0.1, -0.05) is 54.6 Å². The first kappa shape index (κ1) is 27.4. The number of nitrogens with two attached hydrogens (primary N) is 2. The standard InChI is InChI=1S/C25H32ClN3O5S/c26-16-35(32,33)25(28)20(11-8-17-4-2-1-3-5-17)24(31)21(27)14-18-6-9-19(10-7-18)23(30)22-15-29-12-13-34-22/h1-7,9-10,20-22,25,29H,8,11-16,27-28H2/t20?,21-,22?,25-/m0/s1. The number of hydrogen-bond donors (Lipinski definition) is 3. The van der Waals surface area contributed by atoms with Gasteiger partial charge in [0.25, 0.3) is 0 Å². The normalized spacial score (nSPS) is 19.0. The first-order valence-electron chi connectivity index (χ1n) is 11.5. The van der Waals surface area contributed by atoms with E-state index in [1.54, 1.807) is 24.3 Å². The van der Waals surface area contributed by atoms with Crippen LogP contribution in [0.4, 0.5) is 0 Å². The lowest BCUT2D eigenvalue weighted by Crippen LogP contribution is -2.48. The molecule has 0 bridgehead atoms. The van der Waals surface area contributed by atoms with Gasteiger partial charge in [-0.15, -0.1) is 11.6 Å². The van der Waals surface area contributed by atoms with Gasteiger partial charge in [-0.05, 0) is 30.4 Å². The van der Waals surface area contributed by atoms with Gasteiger partial charge in [0, 0.05) is 24.6 Å². The van der Waals surface area contributed by atoms with E-state index < -0.39 is 44.3 Å². The largest absolute Gasteiger partial charge is 0.367 e. The number of ether oxygens (including phenoxy) is 1. The van der Waals surface area contributed by atoms with E-state index in [-0.39, 0.29) is 18.6 Å². The van der Waals surface area contributed by atoms with Gasteiger partial charge in [0.15, 0.2) is 21.4 Å². The Hall–Kier alpha value is -2.14. The molecule has 8 nitrogen and oxygen atoms in total. The number of hydrogen-bond acceptors (Lipinski definition) is 8. The van der Waals surface area contributed by atoms with Crippen molar-refractivity contribution in [1.82, 2.24) is 5.32 Å². The molecule has 2 aromatic rings. The molecule has 0 saturated carbocycles. The van der Waals surface area contributed by atoms with Gasteiger partial charge in [-0.25, -0.2) is 8.42 Å². The molecular formula is C25H32ClN3O5S. The van der Waals surface area contributed by atoms with E-state index in [2.05, 4.69) is 5.32 Å². The molecule has 190 valence electrons. The minimum atomic E-state index is -3.87. The van der Waals surface area contributed by atoms with Gasteiger partial charge >= 0.3 is 0 Å². The van der Waals surface area contributed by atoms with Gasteiger partial charge < -0.3 is 21.5 Å². The summed E-state index contributed by atoms with van der Waals surface area (Å²) in [5.74, 6) is -1.53. The highest BCUT2D eigenvalue weighted by Gasteiger charge is 2.36. The summed E-state index contributed by atoms with van der Waals surface area (Å²) < 4.78 is 30.3. The molecule has 1 heterocycles. The molecule has 1 fully saturated rings. The number of carbonyl (C=O) groups is 2. The summed E-state index contributed by atoms with van der Waals surface area (Å²) in [7, 11) is -3.87. The number of alkyl halides is 1. The predicted molar refractivity (Wildman–Crippen MR) is 136 cm³/mol. The summed E-state index contributed by atoms with van der Waals surface area (Å²) in [6.07, 6.45) is 0.375. The molecule has 1 saturated heterocycles. The highest BCUT2D eigenvalue weighted by atomic mass is 35.5. The van der Waals surface area contributed by atoms with Crippen LogP contribution >= 0.6 is 11.6 Å². The second kappa shape index (κ2) is 12.7. The zero-order valence-corrected chi connectivity index (χ0v) is 21.0. The van der Waals surface area contributed by atoms with Crippen LogP contribution < -0.4 is 16.8 Å². The molecule has 10 heteroatoms. The number of carbonyl (C=O) groups excluding carboxylic acids is 2. The summed E-state index contributed by atoms with van der Waals surface area (Å²) in [6.45, 7) is 1.67. The molecule has 3 rings (SSSR count). The van der Waals surface area contributed by atoms with Crippen molar-refractivity contribution in [3.05, 3.63) is 71.3 Å². The maximum atomic E-state index is 13.3. The lowest BCUT2D eigenvalue weighted by Gasteiger charge is -2.25. The number of aryl methyl sites for hydroxylation is 1. The van der Waals surface area contributed by atoms with E-state index in [0.29, 0.717) is 25.1 Å². The third kappa shape index (κ3) is 7.42. The molecule has 2 aromatic carbocycles. The summed E-state index contributed by atoms with van der Waals surface area (Å²) in [4.78, 5) is 25.9. The number of morpholine rings is 1. The smallest absolute Gasteiger partial charge is 0.192 e. The number of ketones is 2. The van der Waals surface area contributed by atoms with E-state index in [1.807, 2.05) is 30.3 Å². The molecule has 0 amide bonds. The molecular weight excluding hydrogens is 490 g/mol. The third-order valence-corrected chi connectivity index (χ3v) is 8.57. The fourth-order valence-electron chi connectivity index (χ4n) is 4.11. The molecule has 0 radical (unpaired) electrons. The Morgan fingerprint density at radius 1 is 1.06 bits per heavy atom. The van der Waals surface area contributed by atoms with Crippen LogP contribution in [0.15, 0.2) is 54.6 Å². The van der Waals surface area contributed by atoms with Crippen molar-refractivity contribution >= 4 is 33.0 Å². The Kier molecular flexibility index (Phi) is 9.97. The minimum absolute atomic E-state index is 0.109. The van der Waals surface area contributed by atoms with Crippen molar-refractivity contribution in [2.45, 2.75) is 36.8 Å². The zero-order valence-electron chi connectivity index (χ0n) is 19.4. The quantitative estimate of drug-likeness (QED) is 0.281. The Morgan fingerprint density at radius 2 is 1.74 bits per heavy atom. The van der Waals surface area contributed by atoms with Crippen LogP contribution in [0.1, 0.15) is 27.9 Å². The minimum Gasteiger partial charge on any atom is -0.367 e. The lowest BCUT2D eigenvalue weighted by atomic mass is 9.89. The Bertz CT molecular complexity index is 1090. The second-order valence-electron chi connectivity index (χ2n) is 8.71. The van der Waals surface area contributed by atoms with Crippen molar-refractivity contribution in [3.63, 3.8) is 0 Å². The maximum Gasteiger partial charge on any atom is 0.192 e. The van der Waals surface area contributed by atoms with Crippen LogP contribution in [-0.4, -0.2) is 62.4 Å². The predicted octanol–water partition coefficient (Wildman–Crippen LogP) is 1.44. The molecule has 2 unspecified atom stereocenters. The number of halogens is 1. The molecule has 0 aromatic heterocycles. The third-order valence-electron chi connectivity index (χ3n) is 6.20. The first-order chi connectivity index (χ1) is 16.7. The van der Waals surface area contributed by atoms with Crippen molar-refractivity contribution in [1.29, 1.82) is 0 Å². The molecule has 1 aliphatic rings. The Balaban J connectivity index is 1.69.